The summed E-state index contributed by atoms with van der Waals surface area (Å²) in [4.78, 5) is 26.1. The molecule has 2 amide bonds. The molecule has 6 nitrogen and oxygen atoms in total. The fourth-order valence-electron chi connectivity index (χ4n) is 3.75. The van der Waals surface area contributed by atoms with Gasteiger partial charge in [0, 0.05) is 36.3 Å². The van der Waals surface area contributed by atoms with E-state index in [9.17, 15) is 14.0 Å². The van der Waals surface area contributed by atoms with Gasteiger partial charge in [-0.25, -0.2) is 4.39 Å². The van der Waals surface area contributed by atoms with Gasteiger partial charge in [0.2, 0.25) is 12.3 Å². The van der Waals surface area contributed by atoms with Gasteiger partial charge in [0.1, 0.15) is 5.82 Å². The molecule has 2 atom stereocenters. The van der Waals surface area contributed by atoms with Crippen LogP contribution in [-0.2, 0) is 16.1 Å². The van der Waals surface area contributed by atoms with E-state index in [0.717, 1.165) is 18.7 Å². The fraction of sp³-hybridized carbons (Fsp3) is 0.364. The second-order valence-electron chi connectivity index (χ2n) is 7.78. The molecule has 3 N–H and O–H groups in total. The summed E-state index contributed by atoms with van der Waals surface area (Å²) in [6, 6.07) is 9.21. The van der Waals surface area contributed by atoms with Gasteiger partial charge in [0.25, 0.3) is 0 Å². The SMILES string of the molecule is CC(c1cccc(Cl)c1F)[C@@H](NCc1ccc(Cl)cc1NC=O)C(=O)NC1CN(C)C1. The Morgan fingerprint density at radius 3 is 2.71 bits per heavy atom. The van der Waals surface area contributed by atoms with Crippen molar-refractivity contribution in [3.63, 3.8) is 0 Å². The van der Waals surface area contributed by atoms with E-state index in [-0.39, 0.29) is 23.5 Å². The van der Waals surface area contributed by atoms with Crippen molar-refractivity contribution in [1.29, 1.82) is 0 Å². The molecule has 0 bridgehead atoms. The lowest BCUT2D eigenvalue weighted by molar-refractivity contribution is -0.125. The number of nitrogens with one attached hydrogen (secondary N) is 3. The molecule has 1 unspecified atom stereocenters. The summed E-state index contributed by atoms with van der Waals surface area (Å²) in [7, 11) is 1.98. The number of carbonyl (C=O) groups excluding carboxylic acids is 2. The van der Waals surface area contributed by atoms with Crippen molar-refractivity contribution < 1.29 is 14.0 Å². The zero-order valence-corrected chi connectivity index (χ0v) is 18.8. The zero-order valence-electron chi connectivity index (χ0n) is 17.3. The van der Waals surface area contributed by atoms with Crippen molar-refractivity contribution in [2.24, 2.45) is 0 Å². The Bertz CT molecular complexity index is 953. The van der Waals surface area contributed by atoms with Crippen LogP contribution in [-0.4, -0.2) is 49.4 Å². The van der Waals surface area contributed by atoms with Crippen LogP contribution in [0.15, 0.2) is 36.4 Å². The van der Waals surface area contributed by atoms with Gasteiger partial charge in [-0.15, -0.1) is 0 Å². The summed E-state index contributed by atoms with van der Waals surface area (Å²) in [6.45, 7) is 3.58. The number of rotatable bonds is 9. The Labute approximate surface area is 191 Å². The van der Waals surface area contributed by atoms with Crippen LogP contribution in [0.3, 0.4) is 0 Å². The maximum absolute atomic E-state index is 14.7. The minimum absolute atomic E-state index is 0.0132. The summed E-state index contributed by atoms with van der Waals surface area (Å²) < 4.78 is 14.7. The number of carbonyl (C=O) groups is 2. The van der Waals surface area contributed by atoms with Crippen molar-refractivity contribution in [3.8, 4) is 0 Å². The van der Waals surface area contributed by atoms with Crippen LogP contribution >= 0.6 is 23.2 Å². The van der Waals surface area contributed by atoms with Crippen molar-refractivity contribution in [1.82, 2.24) is 15.5 Å². The first kappa shape index (κ1) is 23.5. The second-order valence-corrected chi connectivity index (χ2v) is 8.62. The number of hydrogen-bond donors (Lipinski definition) is 3. The zero-order chi connectivity index (χ0) is 22.5. The minimum atomic E-state index is -0.723. The van der Waals surface area contributed by atoms with Crippen molar-refractivity contribution in [3.05, 3.63) is 63.4 Å². The van der Waals surface area contributed by atoms with E-state index in [0.29, 0.717) is 22.7 Å². The molecule has 1 saturated heterocycles. The largest absolute Gasteiger partial charge is 0.349 e. The standard InChI is InChI=1S/C22H25Cl2FN4O2/c1-13(17-4-3-5-18(24)20(17)25)21(22(31)28-16-10-29(2)11-16)26-9-14-6-7-15(23)8-19(14)27-12-30/h3-8,12-13,16,21,26H,9-11H2,1-2H3,(H,27,30)(H,28,31)/t13?,21-/m1/s1. The van der Waals surface area contributed by atoms with Crippen molar-refractivity contribution in [2.45, 2.75) is 31.5 Å². The van der Waals surface area contributed by atoms with E-state index in [1.165, 1.54) is 6.07 Å². The Hall–Kier alpha value is -2.19. The molecule has 31 heavy (non-hydrogen) atoms. The normalized spacial score (nSPS) is 16.3. The van der Waals surface area contributed by atoms with Gasteiger partial charge in [-0.1, -0.05) is 48.3 Å². The van der Waals surface area contributed by atoms with Crippen LogP contribution in [0.1, 0.15) is 24.0 Å². The number of amides is 2. The molecule has 0 radical (unpaired) electrons. The molecule has 1 heterocycles. The predicted octanol–water partition coefficient (Wildman–Crippen LogP) is 3.39. The van der Waals surface area contributed by atoms with Crippen LogP contribution in [0.4, 0.5) is 10.1 Å². The molecule has 1 aliphatic heterocycles. The molecule has 3 rings (SSSR count). The highest BCUT2D eigenvalue weighted by Gasteiger charge is 2.32. The highest BCUT2D eigenvalue weighted by atomic mass is 35.5. The molecule has 2 aromatic rings. The van der Waals surface area contributed by atoms with Crippen molar-refractivity contribution >= 4 is 41.2 Å². The van der Waals surface area contributed by atoms with Gasteiger partial charge in [-0.05, 0) is 36.4 Å². The van der Waals surface area contributed by atoms with Crippen LogP contribution in [0.2, 0.25) is 10.0 Å². The predicted molar refractivity (Wildman–Crippen MR) is 121 cm³/mol. The molecule has 0 aliphatic carbocycles. The molecule has 0 aromatic heterocycles. The second kappa shape index (κ2) is 10.4. The monoisotopic (exact) mass is 466 g/mol. The fourth-order valence-corrected chi connectivity index (χ4v) is 4.10. The van der Waals surface area contributed by atoms with E-state index in [1.807, 2.05) is 7.05 Å². The first-order valence-corrected chi connectivity index (χ1v) is 10.7. The van der Waals surface area contributed by atoms with E-state index in [1.54, 1.807) is 37.3 Å². The van der Waals surface area contributed by atoms with Gasteiger partial charge in [0.05, 0.1) is 17.1 Å². The summed E-state index contributed by atoms with van der Waals surface area (Å²) in [5.41, 5.74) is 1.64. The molecule has 0 saturated carbocycles. The van der Waals surface area contributed by atoms with Gasteiger partial charge >= 0.3 is 0 Å². The molecule has 166 valence electrons. The summed E-state index contributed by atoms with van der Waals surface area (Å²) >= 11 is 12.0. The summed E-state index contributed by atoms with van der Waals surface area (Å²) in [5, 5.41) is 9.36. The smallest absolute Gasteiger partial charge is 0.238 e. The maximum atomic E-state index is 14.7. The Kier molecular flexibility index (Phi) is 7.89. The third-order valence-electron chi connectivity index (χ3n) is 5.46. The van der Waals surface area contributed by atoms with Crippen LogP contribution in [0.25, 0.3) is 0 Å². The Morgan fingerprint density at radius 1 is 1.29 bits per heavy atom. The highest BCUT2D eigenvalue weighted by Crippen LogP contribution is 2.28. The number of anilines is 1. The summed E-state index contributed by atoms with van der Waals surface area (Å²) in [6.07, 6.45) is 0.566. The lowest BCUT2D eigenvalue weighted by Gasteiger charge is -2.38. The van der Waals surface area contributed by atoms with Crippen LogP contribution in [0.5, 0.6) is 0 Å². The number of benzene rings is 2. The molecule has 2 aromatic carbocycles. The number of hydrogen-bond acceptors (Lipinski definition) is 4. The third-order valence-corrected chi connectivity index (χ3v) is 5.99. The average molecular weight is 467 g/mol. The van der Waals surface area contributed by atoms with Crippen LogP contribution < -0.4 is 16.0 Å². The Balaban J connectivity index is 1.82. The van der Waals surface area contributed by atoms with E-state index < -0.39 is 17.8 Å². The molecule has 9 heteroatoms. The molecular weight excluding hydrogens is 442 g/mol. The number of nitrogens with zero attached hydrogens (tertiary/aromatic N) is 1. The third kappa shape index (κ3) is 5.74. The molecular formula is C22H25Cl2FN4O2. The minimum Gasteiger partial charge on any atom is -0.349 e. The first-order valence-electron chi connectivity index (χ1n) is 9.95. The van der Waals surface area contributed by atoms with E-state index in [2.05, 4.69) is 20.9 Å². The quantitative estimate of drug-likeness (QED) is 0.495. The Morgan fingerprint density at radius 2 is 2.03 bits per heavy atom. The van der Waals surface area contributed by atoms with Gasteiger partial charge in [-0.3, -0.25) is 9.59 Å². The van der Waals surface area contributed by atoms with E-state index >= 15 is 0 Å². The first-order chi connectivity index (χ1) is 14.8. The number of halogens is 3. The molecule has 0 spiro atoms. The van der Waals surface area contributed by atoms with E-state index in [4.69, 9.17) is 23.2 Å². The van der Waals surface area contributed by atoms with Crippen LogP contribution in [0, 0.1) is 5.82 Å². The number of likely N-dealkylation sites (tertiary alicyclic amines) is 1. The van der Waals surface area contributed by atoms with Crippen molar-refractivity contribution in [2.75, 3.05) is 25.5 Å². The topological polar surface area (TPSA) is 73.5 Å². The van der Waals surface area contributed by atoms with Gasteiger partial charge < -0.3 is 20.9 Å². The molecule has 1 fully saturated rings. The van der Waals surface area contributed by atoms with Gasteiger partial charge in [0.15, 0.2) is 0 Å². The maximum Gasteiger partial charge on any atom is 0.238 e. The average Bonchev–Trinajstić information content (AvgIpc) is 2.70. The summed E-state index contributed by atoms with van der Waals surface area (Å²) in [5.74, 6) is -1.25. The number of likely N-dealkylation sites (N-methyl/N-ethyl adjacent to an activating group) is 1. The van der Waals surface area contributed by atoms with Gasteiger partial charge in [-0.2, -0.15) is 0 Å². The lowest BCUT2D eigenvalue weighted by atomic mass is 9.91. The molecule has 1 aliphatic rings. The lowest BCUT2D eigenvalue weighted by Crippen LogP contribution is -2.60. The highest BCUT2D eigenvalue weighted by molar-refractivity contribution is 6.31.